The quantitative estimate of drug-likeness (QED) is 0.660. The molecule has 1 fully saturated rings. The zero-order valence-corrected chi connectivity index (χ0v) is 13.5. The molecule has 4 nitrogen and oxygen atoms in total. The van der Waals surface area contributed by atoms with Crippen LogP contribution >= 0.6 is 11.6 Å². The Morgan fingerprint density at radius 1 is 1.41 bits per heavy atom. The number of halogens is 1. The third-order valence-electron chi connectivity index (χ3n) is 4.73. The monoisotopic (exact) mass is 322 g/mol. The fraction of sp³-hybridized carbons (Fsp3) is 0.588. The molecule has 2 aliphatic rings. The standard InChI is InChI=1S/C17H23ClN2O2/c18-14-10-13(17-12(16(14)19)2-1-9-22-17)15(21)4-3-11-5-7-20-8-6-11/h10-11,20H,1-9,19H2. The van der Waals surface area contributed by atoms with Gasteiger partial charge in [0.1, 0.15) is 5.75 Å². The predicted octanol–water partition coefficient (Wildman–Crippen LogP) is 3.21. The number of ketones is 1. The highest BCUT2D eigenvalue weighted by Crippen LogP contribution is 2.39. The van der Waals surface area contributed by atoms with E-state index in [0.717, 1.165) is 50.8 Å². The lowest BCUT2D eigenvalue weighted by Crippen LogP contribution is -2.28. The fourth-order valence-electron chi connectivity index (χ4n) is 3.38. The fourth-order valence-corrected chi connectivity index (χ4v) is 3.61. The number of nitrogens with two attached hydrogens (primary N) is 1. The van der Waals surface area contributed by atoms with Gasteiger partial charge in [0.05, 0.1) is 22.9 Å². The number of carbonyl (C=O) groups is 1. The molecule has 1 saturated heterocycles. The van der Waals surface area contributed by atoms with Gasteiger partial charge in [-0.2, -0.15) is 0 Å². The molecule has 2 heterocycles. The molecule has 22 heavy (non-hydrogen) atoms. The van der Waals surface area contributed by atoms with Crippen LogP contribution in [0.3, 0.4) is 0 Å². The Morgan fingerprint density at radius 2 is 2.18 bits per heavy atom. The lowest BCUT2D eigenvalue weighted by Gasteiger charge is -2.24. The topological polar surface area (TPSA) is 64.4 Å². The molecule has 0 radical (unpaired) electrons. The molecular weight excluding hydrogens is 300 g/mol. The number of nitrogen functional groups attached to an aromatic ring is 1. The van der Waals surface area contributed by atoms with Gasteiger partial charge in [0.25, 0.3) is 0 Å². The van der Waals surface area contributed by atoms with E-state index in [-0.39, 0.29) is 5.78 Å². The van der Waals surface area contributed by atoms with Crippen molar-refractivity contribution in [1.82, 2.24) is 5.32 Å². The Balaban J connectivity index is 1.75. The van der Waals surface area contributed by atoms with Gasteiger partial charge in [-0.25, -0.2) is 0 Å². The lowest BCUT2D eigenvalue weighted by atomic mass is 9.90. The van der Waals surface area contributed by atoms with E-state index in [1.54, 1.807) is 6.07 Å². The minimum atomic E-state index is 0.124. The van der Waals surface area contributed by atoms with Crippen molar-refractivity contribution in [2.24, 2.45) is 5.92 Å². The number of hydrogen-bond donors (Lipinski definition) is 2. The average Bonchev–Trinajstić information content (AvgIpc) is 2.57. The van der Waals surface area contributed by atoms with Crippen LogP contribution in [0.15, 0.2) is 6.07 Å². The van der Waals surface area contributed by atoms with Crippen LogP contribution < -0.4 is 15.8 Å². The summed E-state index contributed by atoms with van der Waals surface area (Å²) in [5.41, 5.74) is 8.11. The van der Waals surface area contributed by atoms with Crippen molar-refractivity contribution >= 4 is 23.1 Å². The number of Topliss-reactive ketones (excluding diaryl/α,β-unsaturated/α-hetero) is 1. The van der Waals surface area contributed by atoms with E-state index in [9.17, 15) is 4.79 Å². The smallest absolute Gasteiger partial charge is 0.166 e. The second-order valence-corrected chi connectivity index (χ2v) is 6.64. The van der Waals surface area contributed by atoms with E-state index in [2.05, 4.69) is 5.32 Å². The molecular formula is C17H23ClN2O2. The Bertz CT molecular complexity index is 568. The van der Waals surface area contributed by atoms with Crippen molar-refractivity contribution in [2.75, 3.05) is 25.4 Å². The second kappa shape index (κ2) is 6.88. The van der Waals surface area contributed by atoms with Crippen molar-refractivity contribution < 1.29 is 9.53 Å². The summed E-state index contributed by atoms with van der Waals surface area (Å²) in [4.78, 5) is 12.6. The first-order valence-electron chi connectivity index (χ1n) is 8.14. The van der Waals surface area contributed by atoms with Crippen LogP contribution in [-0.4, -0.2) is 25.5 Å². The predicted molar refractivity (Wildman–Crippen MR) is 88.8 cm³/mol. The summed E-state index contributed by atoms with van der Waals surface area (Å²) in [6.45, 7) is 2.76. The number of rotatable bonds is 4. The van der Waals surface area contributed by atoms with Crippen molar-refractivity contribution in [3.8, 4) is 5.75 Å². The summed E-state index contributed by atoms with van der Waals surface area (Å²) in [5, 5.41) is 3.82. The molecule has 0 atom stereocenters. The maximum atomic E-state index is 12.6. The SMILES string of the molecule is Nc1c(Cl)cc(C(=O)CCC2CCNCC2)c2c1CCCO2. The number of ether oxygens (including phenoxy) is 1. The molecule has 3 N–H and O–H groups in total. The van der Waals surface area contributed by atoms with Gasteiger partial charge in [0, 0.05) is 12.0 Å². The van der Waals surface area contributed by atoms with E-state index < -0.39 is 0 Å². The van der Waals surface area contributed by atoms with Crippen molar-refractivity contribution in [3.63, 3.8) is 0 Å². The highest BCUT2D eigenvalue weighted by atomic mass is 35.5. The zero-order valence-electron chi connectivity index (χ0n) is 12.8. The molecule has 2 aliphatic heterocycles. The summed E-state index contributed by atoms with van der Waals surface area (Å²) < 4.78 is 5.73. The van der Waals surface area contributed by atoms with Gasteiger partial charge in [-0.1, -0.05) is 11.6 Å². The van der Waals surface area contributed by atoms with Gasteiger partial charge in [-0.15, -0.1) is 0 Å². The zero-order chi connectivity index (χ0) is 15.5. The number of fused-ring (bicyclic) bond motifs is 1. The highest BCUT2D eigenvalue weighted by Gasteiger charge is 2.24. The number of carbonyl (C=O) groups excluding carboxylic acids is 1. The Hall–Kier alpha value is -1.26. The summed E-state index contributed by atoms with van der Waals surface area (Å²) in [7, 11) is 0. The molecule has 1 aromatic rings. The first-order valence-corrected chi connectivity index (χ1v) is 8.52. The van der Waals surface area contributed by atoms with Crippen LogP contribution in [0.2, 0.25) is 5.02 Å². The maximum Gasteiger partial charge on any atom is 0.166 e. The highest BCUT2D eigenvalue weighted by molar-refractivity contribution is 6.33. The number of piperidine rings is 1. The molecule has 0 amide bonds. The van der Waals surface area contributed by atoms with Crippen LogP contribution in [0.5, 0.6) is 5.75 Å². The summed E-state index contributed by atoms with van der Waals surface area (Å²) in [6.07, 6.45) is 5.56. The van der Waals surface area contributed by atoms with Gasteiger partial charge in [0.15, 0.2) is 5.78 Å². The van der Waals surface area contributed by atoms with E-state index >= 15 is 0 Å². The van der Waals surface area contributed by atoms with Crippen molar-refractivity contribution in [3.05, 3.63) is 22.2 Å². The van der Waals surface area contributed by atoms with Crippen LogP contribution in [0, 0.1) is 5.92 Å². The first kappa shape index (κ1) is 15.6. The van der Waals surface area contributed by atoms with E-state index in [1.165, 1.54) is 0 Å². The molecule has 0 aromatic heterocycles. The minimum Gasteiger partial charge on any atom is -0.492 e. The molecule has 0 saturated carbocycles. The Morgan fingerprint density at radius 3 is 2.95 bits per heavy atom. The Kier molecular flexibility index (Phi) is 4.89. The Labute approximate surface area is 136 Å². The summed E-state index contributed by atoms with van der Waals surface area (Å²) in [5.74, 6) is 1.44. The van der Waals surface area contributed by atoms with Crippen molar-refractivity contribution in [2.45, 2.75) is 38.5 Å². The normalized spacial score (nSPS) is 18.6. The van der Waals surface area contributed by atoms with E-state index in [4.69, 9.17) is 22.1 Å². The van der Waals surface area contributed by atoms with Crippen molar-refractivity contribution in [1.29, 1.82) is 0 Å². The van der Waals surface area contributed by atoms with Gasteiger partial charge in [-0.3, -0.25) is 4.79 Å². The van der Waals surface area contributed by atoms with Gasteiger partial charge >= 0.3 is 0 Å². The molecule has 3 rings (SSSR count). The third-order valence-corrected chi connectivity index (χ3v) is 5.04. The van der Waals surface area contributed by atoms with E-state index in [0.29, 0.717) is 41.0 Å². The molecule has 0 spiro atoms. The lowest BCUT2D eigenvalue weighted by molar-refractivity contribution is 0.0966. The largest absolute Gasteiger partial charge is 0.492 e. The summed E-state index contributed by atoms with van der Waals surface area (Å²) in [6, 6.07) is 1.69. The molecule has 5 heteroatoms. The van der Waals surface area contributed by atoms with Crippen LogP contribution in [0.4, 0.5) is 5.69 Å². The van der Waals surface area contributed by atoms with Crippen LogP contribution in [0.1, 0.15) is 48.0 Å². The number of hydrogen-bond acceptors (Lipinski definition) is 4. The second-order valence-electron chi connectivity index (χ2n) is 6.23. The molecule has 0 bridgehead atoms. The maximum absolute atomic E-state index is 12.6. The average molecular weight is 323 g/mol. The number of anilines is 1. The number of benzene rings is 1. The van der Waals surface area contributed by atoms with Gasteiger partial charge in [-0.05, 0) is 57.2 Å². The molecule has 1 aromatic carbocycles. The number of nitrogens with one attached hydrogen (secondary N) is 1. The van der Waals surface area contributed by atoms with Gasteiger partial charge < -0.3 is 15.8 Å². The molecule has 120 valence electrons. The van der Waals surface area contributed by atoms with Crippen LogP contribution in [0.25, 0.3) is 0 Å². The van der Waals surface area contributed by atoms with Crippen LogP contribution in [-0.2, 0) is 6.42 Å². The summed E-state index contributed by atoms with van der Waals surface area (Å²) >= 11 is 6.20. The van der Waals surface area contributed by atoms with Gasteiger partial charge in [0.2, 0.25) is 0 Å². The molecule has 0 aliphatic carbocycles. The van der Waals surface area contributed by atoms with E-state index in [1.807, 2.05) is 0 Å². The minimum absolute atomic E-state index is 0.124. The third kappa shape index (κ3) is 3.23. The molecule has 0 unspecified atom stereocenters. The first-order chi connectivity index (χ1) is 10.7.